The van der Waals surface area contributed by atoms with Crippen LogP contribution in [0.1, 0.15) is 12.5 Å². The third-order valence-corrected chi connectivity index (χ3v) is 2.31. The number of benzene rings is 1. The minimum absolute atomic E-state index is 0.0542. The average molecular weight is 233 g/mol. The van der Waals surface area contributed by atoms with Crippen LogP contribution in [0.5, 0.6) is 0 Å². The Morgan fingerprint density at radius 2 is 2.00 bits per heavy atom. The van der Waals surface area contributed by atoms with Crippen molar-refractivity contribution in [3.8, 4) is 0 Å². The van der Waals surface area contributed by atoms with E-state index in [1.807, 2.05) is 18.2 Å². The molecule has 1 aromatic carbocycles. The first-order chi connectivity index (χ1) is 7.97. The van der Waals surface area contributed by atoms with Crippen LogP contribution in [0.2, 0.25) is 0 Å². The Kier molecular flexibility index (Phi) is 4.17. The molecule has 1 aromatic rings. The minimum Gasteiger partial charge on any atom is -0.455 e. The summed E-state index contributed by atoms with van der Waals surface area (Å²) < 4.78 is 4.86. The summed E-state index contributed by atoms with van der Waals surface area (Å²) in [5.74, 6) is -1.75. The minimum atomic E-state index is -1.38. The van der Waals surface area contributed by atoms with E-state index in [0.29, 0.717) is 0 Å². The van der Waals surface area contributed by atoms with Crippen LogP contribution in [0.3, 0.4) is 0 Å². The molecule has 0 aromatic heterocycles. The van der Waals surface area contributed by atoms with E-state index >= 15 is 0 Å². The van der Waals surface area contributed by atoms with Crippen LogP contribution in [-0.4, -0.2) is 17.3 Å². The molecule has 4 nitrogen and oxygen atoms in total. The fraction of sp³-hybridized carbons (Fsp3) is 0.231. The molecule has 1 atom stereocenters. The Hall–Kier alpha value is -1.94. The zero-order valence-electron chi connectivity index (χ0n) is 9.68. The molecule has 0 bridgehead atoms. The van der Waals surface area contributed by atoms with Gasteiger partial charge in [0.2, 0.25) is 0 Å². The molecule has 0 fully saturated rings. The standard InChI is InChI=1S/C13H15NO3/c1-3-13(2,14)11(15)12(16)17-9-10-7-5-4-6-8-10/h3-8H,1,9,14H2,2H3/t13-/m0/s1. The number of hydrogen-bond donors (Lipinski definition) is 1. The number of nitrogens with two attached hydrogens (primary N) is 1. The first-order valence-electron chi connectivity index (χ1n) is 5.15. The smallest absolute Gasteiger partial charge is 0.377 e. The number of ether oxygens (including phenoxy) is 1. The fourth-order valence-corrected chi connectivity index (χ4v) is 1.10. The summed E-state index contributed by atoms with van der Waals surface area (Å²) in [6.45, 7) is 4.86. The topological polar surface area (TPSA) is 69.4 Å². The monoisotopic (exact) mass is 233 g/mol. The second-order valence-electron chi connectivity index (χ2n) is 3.88. The quantitative estimate of drug-likeness (QED) is 0.471. The van der Waals surface area contributed by atoms with Gasteiger partial charge in [-0.15, -0.1) is 6.58 Å². The van der Waals surface area contributed by atoms with Gasteiger partial charge in [0, 0.05) is 0 Å². The van der Waals surface area contributed by atoms with Crippen molar-refractivity contribution in [1.29, 1.82) is 0 Å². The molecule has 2 N–H and O–H groups in total. The Labute approximate surface area is 100 Å². The lowest BCUT2D eigenvalue weighted by Crippen LogP contribution is -2.47. The van der Waals surface area contributed by atoms with Crippen molar-refractivity contribution >= 4 is 11.8 Å². The summed E-state index contributed by atoms with van der Waals surface area (Å²) in [5, 5.41) is 0. The van der Waals surface area contributed by atoms with E-state index in [9.17, 15) is 9.59 Å². The first-order valence-corrected chi connectivity index (χ1v) is 5.15. The number of carbonyl (C=O) groups excluding carboxylic acids is 2. The van der Waals surface area contributed by atoms with Gasteiger partial charge in [-0.1, -0.05) is 36.4 Å². The van der Waals surface area contributed by atoms with Gasteiger partial charge in [0.25, 0.3) is 5.78 Å². The highest BCUT2D eigenvalue weighted by atomic mass is 16.5. The molecular weight excluding hydrogens is 218 g/mol. The largest absolute Gasteiger partial charge is 0.455 e. The van der Waals surface area contributed by atoms with E-state index in [2.05, 4.69) is 6.58 Å². The van der Waals surface area contributed by atoms with Gasteiger partial charge in [-0.05, 0) is 12.5 Å². The lowest BCUT2D eigenvalue weighted by molar-refractivity contribution is -0.156. The molecule has 0 spiro atoms. The maximum atomic E-state index is 11.5. The SMILES string of the molecule is C=C[C@](C)(N)C(=O)C(=O)OCc1ccccc1. The van der Waals surface area contributed by atoms with Gasteiger partial charge in [-0.25, -0.2) is 4.79 Å². The molecule has 0 heterocycles. The van der Waals surface area contributed by atoms with Crippen LogP contribution < -0.4 is 5.73 Å². The molecule has 0 saturated carbocycles. The fourth-order valence-electron chi connectivity index (χ4n) is 1.10. The van der Waals surface area contributed by atoms with E-state index in [4.69, 9.17) is 10.5 Å². The van der Waals surface area contributed by atoms with Crippen LogP contribution in [0.15, 0.2) is 43.0 Å². The lowest BCUT2D eigenvalue weighted by atomic mass is 9.98. The van der Waals surface area contributed by atoms with E-state index in [1.165, 1.54) is 13.0 Å². The Morgan fingerprint density at radius 1 is 1.41 bits per heavy atom. The second kappa shape index (κ2) is 5.41. The highest BCUT2D eigenvalue weighted by Gasteiger charge is 2.32. The Balaban J connectivity index is 2.57. The maximum absolute atomic E-state index is 11.5. The van der Waals surface area contributed by atoms with Crippen molar-refractivity contribution in [2.45, 2.75) is 19.1 Å². The van der Waals surface area contributed by atoms with Crippen LogP contribution >= 0.6 is 0 Å². The zero-order valence-corrected chi connectivity index (χ0v) is 9.68. The summed E-state index contributed by atoms with van der Waals surface area (Å²) in [7, 11) is 0. The molecule has 0 aliphatic carbocycles. The number of Topliss-reactive ketones (excluding diaryl/α,β-unsaturated/α-hetero) is 1. The predicted molar refractivity (Wildman–Crippen MR) is 64.0 cm³/mol. The molecular formula is C13H15NO3. The summed E-state index contributed by atoms with van der Waals surface area (Å²) in [5.41, 5.74) is 4.99. The molecule has 90 valence electrons. The van der Waals surface area contributed by atoms with Crippen LogP contribution in [0, 0.1) is 0 Å². The average Bonchev–Trinajstić information content (AvgIpc) is 2.36. The van der Waals surface area contributed by atoms with Gasteiger partial charge in [-0.2, -0.15) is 0 Å². The van der Waals surface area contributed by atoms with E-state index in [0.717, 1.165) is 5.56 Å². The van der Waals surface area contributed by atoms with Crippen molar-refractivity contribution in [3.63, 3.8) is 0 Å². The third kappa shape index (κ3) is 3.53. The highest BCUT2D eigenvalue weighted by Crippen LogP contribution is 2.06. The summed E-state index contributed by atoms with van der Waals surface area (Å²) in [6.07, 6.45) is 1.22. The van der Waals surface area contributed by atoms with Gasteiger partial charge < -0.3 is 10.5 Å². The summed E-state index contributed by atoms with van der Waals surface area (Å²) in [6, 6.07) is 9.09. The van der Waals surface area contributed by atoms with Crippen molar-refractivity contribution in [2.75, 3.05) is 0 Å². The number of hydrogen-bond acceptors (Lipinski definition) is 4. The van der Waals surface area contributed by atoms with Crippen molar-refractivity contribution < 1.29 is 14.3 Å². The molecule has 4 heteroatoms. The normalized spacial score (nSPS) is 13.5. The predicted octanol–water partition coefficient (Wildman–Crippen LogP) is 1.20. The molecule has 0 saturated heterocycles. The van der Waals surface area contributed by atoms with Gasteiger partial charge in [0.05, 0.1) is 0 Å². The zero-order chi connectivity index (χ0) is 12.9. The lowest BCUT2D eigenvalue weighted by Gasteiger charge is -2.16. The summed E-state index contributed by atoms with van der Waals surface area (Å²) >= 11 is 0. The highest BCUT2D eigenvalue weighted by molar-refractivity contribution is 6.37. The Bertz CT molecular complexity index is 424. The van der Waals surface area contributed by atoms with Crippen molar-refractivity contribution in [1.82, 2.24) is 0 Å². The number of esters is 1. The first kappa shape index (κ1) is 13.1. The second-order valence-corrected chi connectivity index (χ2v) is 3.88. The summed E-state index contributed by atoms with van der Waals surface area (Å²) in [4.78, 5) is 23.0. The molecule has 0 amide bonds. The molecule has 0 aliphatic heterocycles. The molecule has 0 radical (unpaired) electrons. The van der Waals surface area contributed by atoms with Crippen LogP contribution in [0.4, 0.5) is 0 Å². The van der Waals surface area contributed by atoms with Gasteiger partial charge >= 0.3 is 5.97 Å². The van der Waals surface area contributed by atoms with Gasteiger partial charge in [-0.3, -0.25) is 4.79 Å². The Morgan fingerprint density at radius 3 is 2.53 bits per heavy atom. The molecule has 0 aliphatic rings. The van der Waals surface area contributed by atoms with Crippen molar-refractivity contribution in [2.24, 2.45) is 5.73 Å². The maximum Gasteiger partial charge on any atom is 0.377 e. The van der Waals surface area contributed by atoms with Crippen LogP contribution in [0.25, 0.3) is 0 Å². The number of carbonyl (C=O) groups is 2. The molecule has 0 unspecified atom stereocenters. The molecule has 1 rings (SSSR count). The number of rotatable bonds is 5. The van der Waals surface area contributed by atoms with Crippen molar-refractivity contribution in [3.05, 3.63) is 48.6 Å². The van der Waals surface area contributed by atoms with Crippen LogP contribution in [-0.2, 0) is 20.9 Å². The number of ketones is 1. The van der Waals surface area contributed by atoms with Gasteiger partial charge in [0.1, 0.15) is 12.1 Å². The van der Waals surface area contributed by atoms with Gasteiger partial charge in [0.15, 0.2) is 0 Å². The third-order valence-electron chi connectivity index (χ3n) is 2.31. The van der Waals surface area contributed by atoms with E-state index < -0.39 is 17.3 Å². The van der Waals surface area contributed by atoms with E-state index in [-0.39, 0.29) is 6.61 Å². The van der Waals surface area contributed by atoms with E-state index in [1.54, 1.807) is 12.1 Å². The molecule has 17 heavy (non-hydrogen) atoms.